The number of alkyl halides is 2. The van der Waals surface area contributed by atoms with Gasteiger partial charge in [-0.2, -0.15) is 0 Å². The number of aliphatic hydroxyl groups excluding tert-OH is 1. The molecule has 0 aromatic heterocycles. The van der Waals surface area contributed by atoms with Crippen LogP contribution in [0.2, 0.25) is 0 Å². The zero-order valence-corrected chi connectivity index (χ0v) is 7.87. The van der Waals surface area contributed by atoms with Gasteiger partial charge in [0.2, 0.25) is 0 Å². The predicted octanol–water partition coefficient (Wildman–Crippen LogP) is -2.14. The SMILES string of the molecule is CO.ClCCl.[Na+].[OH-]. The van der Waals surface area contributed by atoms with Crippen LogP contribution < -0.4 is 29.6 Å². The fourth-order valence-electron chi connectivity index (χ4n) is 0. The Hall–Kier alpha value is 1.50. The molecule has 7 heavy (non-hydrogen) atoms. The van der Waals surface area contributed by atoms with E-state index in [4.69, 9.17) is 28.3 Å². The second-order valence-electron chi connectivity index (χ2n) is 0.101. The van der Waals surface area contributed by atoms with Gasteiger partial charge in [0.05, 0.1) is 5.34 Å². The van der Waals surface area contributed by atoms with Gasteiger partial charge in [0.15, 0.2) is 0 Å². The standard InChI is InChI=1S/CH2Cl2.CH4O.Na.H2O/c2-1-3;1-2;;/h1H2;2H,1H3;;1H2/q;;+1;/p-1. The van der Waals surface area contributed by atoms with Gasteiger partial charge in [-0.1, -0.05) is 0 Å². The summed E-state index contributed by atoms with van der Waals surface area (Å²) in [4.78, 5) is 0. The largest absolute Gasteiger partial charge is 1.00 e. The maximum atomic E-state index is 7.00. The Labute approximate surface area is 75.4 Å². The molecule has 0 heterocycles. The normalized spacial score (nSPS) is 3.43. The number of halogens is 2. The zero-order chi connectivity index (χ0) is 4.71. The molecular formula is C2H7Cl2NaO2. The van der Waals surface area contributed by atoms with Gasteiger partial charge in [0.1, 0.15) is 0 Å². The van der Waals surface area contributed by atoms with Gasteiger partial charge in [0, 0.05) is 7.11 Å². The first-order valence-electron chi connectivity index (χ1n) is 0.982. The molecule has 2 N–H and O–H groups in total. The van der Waals surface area contributed by atoms with Crippen LogP contribution in [0.3, 0.4) is 0 Å². The molecule has 0 unspecified atom stereocenters. The number of rotatable bonds is 0. The number of hydrogen-bond donors (Lipinski definition) is 1. The molecule has 42 valence electrons. The van der Waals surface area contributed by atoms with Crippen LogP contribution in [0.5, 0.6) is 0 Å². The molecule has 0 aromatic carbocycles. The average molecular weight is 157 g/mol. The molecule has 0 saturated carbocycles. The molecule has 0 aliphatic heterocycles. The summed E-state index contributed by atoms with van der Waals surface area (Å²) in [6.45, 7) is 0. The smallest absolute Gasteiger partial charge is 0.870 e. The van der Waals surface area contributed by atoms with Crippen LogP contribution in [0.15, 0.2) is 0 Å². The summed E-state index contributed by atoms with van der Waals surface area (Å²) in [6, 6.07) is 0. The fraction of sp³-hybridized carbons (Fsp3) is 1.00. The summed E-state index contributed by atoms with van der Waals surface area (Å²) in [7, 11) is 1.00. The van der Waals surface area contributed by atoms with E-state index in [1.54, 1.807) is 0 Å². The zero-order valence-electron chi connectivity index (χ0n) is 4.36. The van der Waals surface area contributed by atoms with Crippen LogP contribution >= 0.6 is 23.2 Å². The van der Waals surface area contributed by atoms with Gasteiger partial charge in [-0.05, 0) is 0 Å². The Morgan fingerprint density at radius 2 is 1.29 bits per heavy atom. The molecule has 2 nitrogen and oxygen atoms in total. The van der Waals surface area contributed by atoms with E-state index in [9.17, 15) is 0 Å². The molecule has 0 atom stereocenters. The van der Waals surface area contributed by atoms with Crippen LogP contribution in [-0.2, 0) is 0 Å². The van der Waals surface area contributed by atoms with Crippen LogP contribution in [0.25, 0.3) is 0 Å². The Bertz CT molecular complexity index is 13.7. The summed E-state index contributed by atoms with van der Waals surface area (Å²) in [5.41, 5.74) is 0. The molecule has 0 aliphatic rings. The predicted molar refractivity (Wildman–Crippen MR) is 26.7 cm³/mol. The van der Waals surface area contributed by atoms with Gasteiger partial charge in [-0.3, -0.25) is 0 Å². The van der Waals surface area contributed by atoms with Gasteiger partial charge >= 0.3 is 29.6 Å². The Balaban J connectivity index is -0.0000000105. The van der Waals surface area contributed by atoms with Crippen molar-refractivity contribution in [2.24, 2.45) is 0 Å². The Morgan fingerprint density at radius 3 is 1.29 bits per heavy atom. The molecule has 0 spiro atoms. The monoisotopic (exact) mass is 156 g/mol. The molecule has 0 rings (SSSR count). The second kappa shape index (κ2) is 50.7. The van der Waals surface area contributed by atoms with Crippen molar-refractivity contribution >= 4 is 23.2 Å². The topological polar surface area (TPSA) is 50.2 Å². The van der Waals surface area contributed by atoms with E-state index in [1.165, 1.54) is 0 Å². The molecule has 5 heteroatoms. The maximum absolute atomic E-state index is 7.00. The quantitative estimate of drug-likeness (QED) is 0.322. The van der Waals surface area contributed by atoms with Crippen LogP contribution in [0.4, 0.5) is 0 Å². The maximum Gasteiger partial charge on any atom is 1.00 e. The fourth-order valence-corrected chi connectivity index (χ4v) is 0. The molecule has 0 fully saturated rings. The molecule has 0 radical (unpaired) electrons. The van der Waals surface area contributed by atoms with Crippen molar-refractivity contribution in [1.29, 1.82) is 0 Å². The van der Waals surface area contributed by atoms with E-state index in [2.05, 4.69) is 0 Å². The molecule has 0 bridgehead atoms. The summed E-state index contributed by atoms with van der Waals surface area (Å²) in [5, 5.41) is 7.19. The van der Waals surface area contributed by atoms with Crippen molar-refractivity contribution in [3.63, 3.8) is 0 Å². The first-order chi connectivity index (χ1) is 2.41. The van der Waals surface area contributed by atoms with Crippen molar-refractivity contribution in [3.05, 3.63) is 0 Å². The summed E-state index contributed by atoms with van der Waals surface area (Å²) in [6.07, 6.45) is 0. The molecule has 0 saturated heterocycles. The van der Waals surface area contributed by atoms with Crippen LogP contribution in [0.1, 0.15) is 0 Å². The van der Waals surface area contributed by atoms with E-state index in [-0.39, 0.29) is 40.4 Å². The summed E-state index contributed by atoms with van der Waals surface area (Å²) in [5.74, 6) is 0. The first kappa shape index (κ1) is 23.6. The molecular weight excluding hydrogens is 150 g/mol. The van der Waals surface area contributed by atoms with Crippen molar-refractivity contribution in [3.8, 4) is 0 Å². The Morgan fingerprint density at radius 1 is 1.29 bits per heavy atom. The number of aliphatic hydroxyl groups is 1. The summed E-state index contributed by atoms with van der Waals surface area (Å²) < 4.78 is 0. The van der Waals surface area contributed by atoms with Gasteiger partial charge in [-0.25, -0.2) is 0 Å². The minimum Gasteiger partial charge on any atom is -0.870 e. The average Bonchev–Trinajstić information content (AvgIpc) is 1.46. The van der Waals surface area contributed by atoms with E-state index in [0.717, 1.165) is 7.11 Å². The van der Waals surface area contributed by atoms with Gasteiger partial charge < -0.3 is 10.6 Å². The van der Waals surface area contributed by atoms with Crippen molar-refractivity contribution < 1.29 is 40.1 Å². The second-order valence-corrected chi connectivity index (χ2v) is 0.909. The molecule has 0 aliphatic carbocycles. The van der Waals surface area contributed by atoms with Gasteiger partial charge in [0.25, 0.3) is 0 Å². The minimum atomic E-state index is 0. The van der Waals surface area contributed by atoms with E-state index < -0.39 is 0 Å². The van der Waals surface area contributed by atoms with Crippen molar-refractivity contribution in [2.45, 2.75) is 0 Å². The Kier molecular flexibility index (Phi) is 171. The van der Waals surface area contributed by atoms with Crippen LogP contribution in [-0.4, -0.2) is 23.0 Å². The molecule has 0 aromatic rings. The molecule has 0 amide bonds. The first-order valence-corrected chi connectivity index (χ1v) is 2.05. The third-order valence-corrected chi connectivity index (χ3v) is 0. The van der Waals surface area contributed by atoms with E-state index in [1.807, 2.05) is 0 Å². The van der Waals surface area contributed by atoms with E-state index in [0.29, 0.717) is 0 Å². The third-order valence-electron chi connectivity index (χ3n) is 0. The van der Waals surface area contributed by atoms with Crippen LogP contribution in [0, 0.1) is 0 Å². The van der Waals surface area contributed by atoms with Crippen molar-refractivity contribution in [1.82, 2.24) is 0 Å². The van der Waals surface area contributed by atoms with Crippen molar-refractivity contribution in [2.75, 3.05) is 12.4 Å². The summed E-state index contributed by atoms with van der Waals surface area (Å²) >= 11 is 9.53. The van der Waals surface area contributed by atoms with Gasteiger partial charge in [-0.15, -0.1) is 23.2 Å². The number of hydrogen-bond acceptors (Lipinski definition) is 2. The van der Waals surface area contributed by atoms with E-state index >= 15 is 0 Å². The third kappa shape index (κ3) is 101. The minimum absolute atomic E-state index is 0.